The van der Waals surface area contributed by atoms with Gasteiger partial charge in [0.2, 0.25) is 0 Å². The number of rotatable bonds is 4. The lowest BCUT2D eigenvalue weighted by molar-refractivity contribution is -0.137. The monoisotopic (exact) mass is 418 g/mol. The van der Waals surface area contributed by atoms with Crippen molar-refractivity contribution in [2.45, 2.75) is 85.0 Å². The topological polar surface area (TPSA) is 102 Å². The molecule has 0 bridgehead atoms. The van der Waals surface area contributed by atoms with Crippen molar-refractivity contribution in [1.82, 2.24) is 0 Å². The molecule has 4 saturated carbocycles. The highest BCUT2D eigenvalue weighted by atomic mass is 16.4. The summed E-state index contributed by atoms with van der Waals surface area (Å²) < 4.78 is 0. The van der Waals surface area contributed by atoms with Crippen LogP contribution in [0, 0.1) is 46.3 Å². The lowest BCUT2D eigenvalue weighted by Crippen LogP contribution is -2.57. The summed E-state index contributed by atoms with van der Waals surface area (Å²) in [5.74, 6) is 2.21. The third-order valence-electron chi connectivity index (χ3n) is 10.2. The Kier molecular flexibility index (Phi) is 5.65. The molecule has 6 nitrogen and oxygen atoms in total. The summed E-state index contributed by atoms with van der Waals surface area (Å²) in [5, 5.41) is 36.0. The standard InChI is InChI=1S/C24H38N2O4/c1-14(4-9-22(27)28)18-7-8-19-17-6-5-15-12-16(25-29)10-11-23(15,2)20(17)13-21(26-30)24(18,19)3/h14-15,17-20,29-30H,4-13H2,1-3H3,(H,27,28)/b25-16+,26-21+/t14-,15-,17+,18-,19+,20+,23+,24-/m1/s1. The van der Waals surface area contributed by atoms with Crippen LogP contribution in [-0.2, 0) is 4.79 Å². The van der Waals surface area contributed by atoms with Gasteiger partial charge in [0.25, 0.3) is 0 Å². The Morgan fingerprint density at radius 1 is 1.10 bits per heavy atom. The zero-order valence-electron chi connectivity index (χ0n) is 18.7. The Bertz CT molecular complexity index is 749. The van der Waals surface area contributed by atoms with E-state index in [9.17, 15) is 15.2 Å². The predicted octanol–water partition coefficient (Wildman–Crippen LogP) is 5.42. The maximum atomic E-state index is 11.1. The predicted molar refractivity (Wildman–Crippen MR) is 115 cm³/mol. The van der Waals surface area contributed by atoms with Crippen molar-refractivity contribution in [3.05, 3.63) is 0 Å². The average Bonchev–Trinajstić information content (AvgIpc) is 3.08. The van der Waals surface area contributed by atoms with Crippen molar-refractivity contribution in [3.63, 3.8) is 0 Å². The number of carboxylic acids is 1. The molecule has 0 aromatic heterocycles. The molecule has 0 radical (unpaired) electrons. The molecular weight excluding hydrogens is 380 g/mol. The van der Waals surface area contributed by atoms with E-state index >= 15 is 0 Å². The van der Waals surface area contributed by atoms with Gasteiger partial charge in [-0.1, -0.05) is 31.1 Å². The molecule has 168 valence electrons. The first-order valence-corrected chi connectivity index (χ1v) is 11.9. The zero-order valence-corrected chi connectivity index (χ0v) is 18.7. The number of carbonyl (C=O) groups is 1. The van der Waals surface area contributed by atoms with Crippen LogP contribution in [0.5, 0.6) is 0 Å². The quantitative estimate of drug-likeness (QED) is 0.419. The fourth-order valence-corrected chi connectivity index (χ4v) is 8.52. The van der Waals surface area contributed by atoms with Gasteiger partial charge in [-0.25, -0.2) is 0 Å². The van der Waals surface area contributed by atoms with E-state index in [0.29, 0.717) is 41.9 Å². The molecule has 0 spiro atoms. The van der Waals surface area contributed by atoms with Gasteiger partial charge in [0, 0.05) is 11.8 Å². The molecule has 30 heavy (non-hydrogen) atoms. The Morgan fingerprint density at radius 3 is 2.53 bits per heavy atom. The van der Waals surface area contributed by atoms with Crippen LogP contribution in [0.1, 0.15) is 85.0 Å². The van der Waals surface area contributed by atoms with E-state index in [-0.39, 0.29) is 17.3 Å². The van der Waals surface area contributed by atoms with Crippen LogP contribution < -0.4 is 0 Å². The van der Waals surface area contributed by atoms with Gasteiger partial charge in [0.05, 0.1) is 11.4 Å². The van der Waals surface area contributed by atoms with E-state index in [2.05, 4.69) is 31.1 Å². The highest BCUT2D eigenvalue weighted by Crippen LogP contribution is 2.67. The molecule has 8 atom stereocenters. The second-order valence-corrected chi connectivity index (χ2v) is 11.2. The number of hydrogen-bond donors (Lipinski definition) is 3. The Hall–Kier alpha value is -1.59. The summed E-state index contributed by atoms with van der Waals surface area (Å²) >= 11 is 0. The molecule has 0 aliphatic heterocycles. The van der Waals surface area contributed by atoms with E-state index in [1.54, 1.807) is 0 Å². The highest BCUT2D eigenvalue weighted by Gasteiger charge is 2.63. The van der Waals surface area contributed by atoms with Crippen molar-refractivity contribution >= 4 is 17.4 Å². The average molecular weight is 419 g/mol. The third-order valence-corrected chi connectivity index (χ3v) is 10.2. The molecule has 0 saturated heterocycles. The molecule has 4 rings (SSSR count). The third kappa shape index (κ3) is 3.16. The second kappa shape index (κ2) is 7.83. The van der Waals surface area contributed by atoms with Crippen molar-refractivity contribution in [3.8, 4) is 0 Å². The fourth-order valence-electron chi connectivity index (χ4n) is 8.52. The van der Waals surface area contributed by atoms with Crippen LogP contribution in [0.2, 0.25) is 0 Å². The van der Waals surface area contributed by atoms with Crippen molar-refractivity contribution in [2.75, 3.05) is 0 Å². The second-order valence-electron chi connectivity index (χ2n) is 11.2. The number of nitrogens with zero attached hydrogens (tertiary/aromatic N) is 2. The summed E-state index contributed by atoms with van der Waals surface area (Å²) in [4.78, 5) is 11.1. The number of oxime groups is 2. The smallest absolute Gasteiger partial charge is 0.303 e. The Labute approximate surface area is 179 Å². The molecule has 6 heteroatoms. The summed E-state index contributed by atoms with van der Waals surface area (Å²) in [6.07, 6.45) is 9.24. The van der Waals surface area contributed by atoms with Crippen LogP contribution in [0.25, 0.3) is 0 Å². The molecule has 0 heterocycles. The van der Waals surface area contributed by atoms with E-state index < -0.39 is 5.97 Å². The minimum atomic E-state index is -0.726. The SMILES string of the molecule is C[C@H](CCC(=O)O)[C@H]1CC[C@H]2[C@@H]3CC[C@@H]4C/C(=N/O)CC[C@]4(C)[C@H]3C/C(=N\O)[C@]12C. The van der Waals surface area contributed by atoms with Gasteiger partial charge in [0.15, 0.2) is 0 Å². The molecule has 0 aromatic carbocycles. The first kappa shape index (κ1) is 21.6. The first-order chi connectivity index (χ1) is 14.3. The first-order valence-electron chi connectivity index (χ1n) is 11.9. The molecule has 3 N–H and O–H groups in total. The lowest BCUT2D eigenvalue weighted by atomic mass is 9.44. The zero-order chi connectivity index (χ0) is 21.7. The van der Waals surface area contributed by atoms with Crippen molar-refractivity contribution in [1.29, 1.82) is 0 Å². The maximum Gasteiger partial charge on any atom is 0.303 e. The van der Waals surface area contributed by atoms with Gasteiger partial charge in [-0.05, 0) is 98.7 Å². The van der Waals surface area contributed by atoms with Gasteiger partial charge >= 0.3 is 5.97 Å². The molecule has 0 amide bonds. The Morgan fingerprint density at radius 2 is 1.87 bits per heavy atom. The van der Waals surface area contributed by atoms with Crippen molar-refractivity contribution in [2.24, 2.45) is 56.6 Å². The molecular formula is C24H38N2O4. The van der Waals surface area contributed by atoms with E-state index in [1.165, 1.54) is 12.8 Å². The van der Waals surface area contributed by atoms with Gasteiger partial charge in [0.1, 0.15) is 0 Å². The maximum absolute atomic E-state index is 11.1. The normalized spacial score (nSPS) is 46.8. The van der Waals surface area contributed by atoms with Gasteiger partial charge in [-0.15, -0.1) is 0 Å². The Balaban J connectivity index is 1.61. The summed E-state index contributed by atoms with van der Waals surface area (Å²) in [5.41, 5.74) is 1.99. The molecule has 4 aliphatic rings. The minimum Gasteiger partial charge on any atom is -0.481 e. The van der Waals surface area contributed by atoms with Crippen LogP contribution in [-0.4, -0.2) is 32.9 Å². The van der Waals surface area contributed by atoms with E-state index in [1.807, 2.05) is 0 Å². The summed E-state index contributed by atoms with van der Waals surface area (Å²) in [6.45, 7) is 6.93. The molecule has 4 fully saturated rings. The lowest BCUT2D eigenvalue weighted by Gasteiger charge is -2.60. The molecule has 0 unspecified atom stereocenters. The largest absolute Gasteiger partial charge is 0.481 e. The van der Waals surface area contributed by atoms with Crippen LogP contribution in [0.3, 0.4) is 0 Å². The summed E-state index contributed by atoms with van der Waals surface area (Å²) in [7, 11) is 0. The van der Waals surface area contributed by atoms with E-state index in [0.717, 1.165) is 49.9 Å². The van der Waals surface area contributed by atoms with Crippen LogP contribution in [0.15, 0.2) is 10.3 Å². The number of hydrogen-bond acceptors (Lipinski definition) is 5. The number of fused-ring (bicyclic) bond motifs is 5. The highest BCUT2D eigenvalue weighted by molar-refractivity contribution is 5.92. The fraction of sp³-hybridized carbons (Fsp3) is 0.875. The van der Waals surface area contributed by atoms with Gasteiger partial charge in [-0.2, -0.15) is 0 Å². The molecule has 4 aliphatic carbocycles. The van der Waals surface area contributed by atoms with Crippen LogP contribution in [0.4, 0.5) is 0 Å². The number of carboxylic acid groups (broad SMARTS) is 1. The summed E-state index contributed by atoms with van der Waals surface area (Å²) in [6, 6.07) is 0. The van der Waals surface area contributed by atoms with Crippen molar-refractivity contribution < 1.29 is 20.3 Å². The van der Waals surface area contributed by atoms with Gasteiger partial charge in [-0.3, -0.25) is 4.79 Å². The van der Waals surface area contributed by atoms with Crippen LogP contribution >= 0.6 is 0 Å². The molecule has 0 aromatic rings. The number of aliphatic carboxylic acids is 1. The van der Waals surface area contributed by atoms with E-state index in [4.69, 9.17) is 5.11 Å². The van der Waals surface area contributed by atoms with Gasteiger partial charge < -0.3 is 15.5 Å². The minimum absolute atomic E-state index is 0.122.